The Morgan fingerprint density at radius 2 is 1.84 bits per heavy atom. The minimum Gasteiger partial charge on any atom is -0.340 e. The van der Waals surface area contributed by atoms with Gasteiger partial charge in [0.25, 0.3) is 11.1 Å². The first-order valence-electron chi connectivity index (χ1n) is 8.03. The first-order valence-corrected chi connectivity index (χ1v) is 8.84. The van der Waals surface area contributed by atoms with Crippen molar-refractivity contribution >= 4 is 39.9 Å². The SMILES string of the molecule is CC(c1ccccc1)n1ccc2c(C=C3SC(=O)NC3=O)cccc21. The van der Waals surface area contributed by atoms with Crippen molar-refractivity contribution in [2.24, 2.45) is 0 Å². The number of imide groups is 1. The van der Waals surface area contributed by atoms with Crippen LogP contribution in [0.15, 0.2) is 65.7 Å². The number of fused-ring (bicyclic) bond motifs is 1. The number of amides is 2. The van der Waals surface area contributed by atoms with Crippen molar-refractivity contribution in [3.63, 3.8) is 0 Å². The minimum atomic E-state index is -0.330. The van der Waals surface area contributed by atoms with Crippen LogP contribution in [-0.4, -0.2) is 15.7 Å². The van der Waals surface area contributed by atoms with Crippen molar-refractivity contribution in [3.8, 4) is 0 Å². The second-order valence-corrected chi connectivity index (χ2v) is 6.96. The molecule has 0 saturated carbocycles. The standard InChI is InChI=1S/C20H16N2O2S/c1-13(14-6-3-2-4-7-14)22-11-10-16-15(8-5-9-17(16)22)12-18-19(23)21-20(24)25-18/h2-13H,1H3,(H,21,23,24). The topological polar surface area (TPSA) is 51.1 Å². The molecular weight excluding hydrogens is 332 g/mol. The molecule has 0 radical (unpaired) electrons. The van der Waals surface area contributed by atoms with E-state index in [1.165, 1.54) is 5.56 Å². The number of nitrogens with one attached hydrogen (secondary N) is 1. The maximum atomic E-state index is 11.8. The van der Waals surface area contributed by atoms with Crippen LogP contribution in [0.1, 0.15) is 24.1 Å². The Kier molecular flexibility index (Phi) is 3.93. The van der Waals surface area contributed by atoms with Gasteiger partial charge in [0.1, 0.15) is 0 Å². The molecule has 2 amide bonds. The van der Waals surface area contributed by atoms with Crippen molar-refractivity contribution in [2.45, 2.75) is 13.0 Å². The van der Waals surface area contributed by atoms with E-state index in [0.29, 0.717) is 4.91 Å². The third-order valence-corrected chi connectivity index (χ3v) is 5.24. The molecule has 1 saturated heterocycles. The average Bonchev–Trinajstić information content (AvgIpc) is 3.19. The van der Waals surface area contributed by atoms with Gasteiger partial charge in [-0.15, -0.1) is 0 Å². The van der Waals surface area contributed by atoms with Crippen LogP contribution in [0.5, 0.6) is 0 Å². The van der Waals surface area contributed by atoms with Crippen LogP contribution in [0.25, 0.3) is 17.0 Å². The van der Waals surface area contributed by atoms with Gasteiger partial charge in [0.05, 0.1) is 10.9 Å². The smallest absolute Gasteiger partial charge is 0.290 e. The largest absolute Gasteiger partial charge is 0.340 e. The number of benzene rings is 2. The Hall–Kier alpha value is -2.79. The summed E-state index contributed by atoms with van der Waals surface area (Å²) in [4.78, 5) is 23.6. The fourth-order valence-corrected chi connectivity index (χ4v) is 3.80. The summed E-state index contributed by atoms with van der Waals surface area (Å²) in [7, 11) is 0. The summed E-state index contributed by atoms with van der Waals surface area (Å²) in [6.07, 6.45) is 3.85. The van der Waals surface area contributed by atoms with Crippen LogP contribution in [-0.2, 0) is 4.79 Å². The van der Waals surface area contributed by atoms with Crippen LogP contribution < -0.4 is 5.32 Å². The zero-order valence-corrected chi connectivity index (χ0v) is 14.4. The highest BCUT2D eigenvalue weighted by molar-refractivity contribution is 8.18. The van der Waals surface area contributed by atoms with Gasteiger partial charge in [0, 0.05) is 17.1 Å². The van der Waals surface area contributed by atoms with E-state index in [2.05, 4.69) is 47.3 Å². The number of hydrogen-bond acceptors (Lipinski definition) is 3. The maximum absolute atomic E-state index is 11.8. The number of hydrogen-bond donors (Lipinski definition) is 1. The third-order valence-electron chi connectivity index (χ3n) is 4.42. The molecule has 2 heterocycles. The minimum absolute atomic E-state index is 0.201. The van der Waals surface area contributed by atoms with Crippen molar-refractivity contribution < 1.29 is 9.59 Å². The molecule has 1 aliphatic heterocycles. The second kappa shape index (κ2) is 6.26. The number of carbonyl (C=O) groups excluding carboxylic acids is 2. The van der Waals surface area contributed by atoms with Crippen LogP contribution in [0.2, 0.25) is 0 Å². The van der Waals surface area contributed by atoms with Crippen molar-refractivity contribution in [1.29, 1.82) is 0 Å². The van der Waals surface area contributed by atoms with Gasteiger partial charge in [-0.2, -0.15) is 0 Å². The first-order chi connectivity index (χ1) is 12.1. The van der Waals surface area contributed by atoms with Crippen LogP contribution in [0.4, 0.5) is 4.79 Å². The Balaban J connectivity index is 1.78. The molecule has 5 heteroatoms. The Labute approximate surface area is 149 Å². The molecule has 1 aliphatic rings. The monoisotopic (exact) mass is 348 g/mol. The first kappa shape index (κ1) is 15.7. The van der Waals surface area contributed by atoms with Gasteiger partial charge in [-0.05, 0) is 48.0 Å². The molecule has 4 nitrogen and oxygen atoms in total. The number of rotatable bonds is 3. The molecule has 3 aromatic rings. The average molecular weight is 348 g/mol. The molecule has 1 atom stereocenters. The molecule has 1 fully saturated rings. The Bertz CT molecular complexity index is 1000. The number of thioether (sulfide) groups is 1. The van der Waals surface area contributed by atoms with Gasteiger partial charge < -0.3 is 4.57 Å². The highest BCUT2D eigenvalue weighted by Gasteiger charge is 2.25. The van der Waals surface area contributed by atoms with Crippen LogP contribution in [0, 0.1) is 0 Å². The van der Waals surface area contributed by atoms with Gasteiger partial charge in [0.2, 0.25) is 0 Å². The van der Waals surface area contributed by atoms with E-state index in [9.17, 15) is 9.59 Å². The number of aromatic nitrogens is 1. The molecule has 124 valence electrons. The van der Waals surface area contributed by atoms with E-state index in [1.807, 2.05) is 30.3 Å². The predicted octanol–water partition coefficient (Wildman–Crippen LogP) is 4.57. The van der Waals surface area contributed by atoms with E-state index in [-0.39, 0.29) is 17.2 Å². The lowest BCUT2D eigenvalue weighted by molar-refractivity contribution is -0.115. The fraction of sp³-hybridized carbons (Fsp3) is 0.100. The van der Waals surface area contributed by atoms with Crippen molar-refractivity contribution in [2.75, 3.05) is 0 Å². The van der Waals surface area contributed by atoms with Crippen LogP contribution >= 0.6 is 11.8 Å². The summed E-state index contributed by atoms with van der Waals surface area (Å²) in [6, 6.07) is 18.6. The van der Waals surface area contributed by atoms with Gasteiger partial charge in [-0.3, -0.25) is 14.9 Å². The highest BCUT2D eigenvalue weighted by atomic mass is 32.2. The molecule has 1 N–H and O–H groups in total. The second-order valence-electron chi connectivity index (χ2n) is 5.94. The summed E-state index contributed by atoms with van der Waals surface area (Å²) in [5, 5.41) is 3.03. The molecule has 2 aromatic carbocycles. The van der Waals surface area contributed by atoms with E-state index >= 15 is 0 Å². The summed E-state index contributed by atoms with van der Waals surface area (Å²) in [5.74, 6) is -0.330. The molecule has 0 aliphatic carbocycles. The maximum Gasteiger partial charge on any atom is 0.290 e. The number of carbonyl (C=O) groups is 2. The van der Waals surface area contributed by atoms with Crippen molar-refractivity contribution in [3.05, 3.63) is 76.8 Å². The van der Waals surface area contributed by atoms with Gasteiger partial charge in [-0.25, -0.2) is 0 Å². The highest BCUT2D eigenvalue weighted by Crippen LogP contribution is 2.31. The third kappa shape index (κ3) is 2.87. The fourth-order valence-electron chi connectivity index (χ4n) is 3.13. The Morgan fingerprint density at radius 3 is 2.56 bits per heavy atom. The predicted molar refractivity (Wildman–Crippen MR) is 101 cm³/mol. The number of nitrogens with zero attached hydrogens (tertiary/aromatic N) is 1. The molecular formula is C20H16N2O2S. The van der Waals surface area contributed by atoms with Gasteiger partial charge in [0.15, 0.2) is 0 Å². The van der Waals surface area contributed by atoms with Crippen molar-refractivity contribution in [1.82, 2.24) is 9.88 Å². The normalized spacial score (nSPS) is 17.2. The van der Waals surface area contributed by atoms with E-state index in [1.54, 1.807) is 6.08 Å². The Morgan fingerprint density at radius 1 is 1.04 bits per heavy atom. The molecule has 25 heavy (non-hydrogen) atoms. The summed E-state index contributed by atoms with van der Waals surface area (Å²) in [5.41, 5.74) is 3.27. The zero-order valence-electron chi connectivity index (χ0n) is 13.6. The molecule has 4 rings (SSSR count). The molecule has 1 aromatic heterocycles. The zero-order chi connectivity index (χ0) is 17.4. The van der Waals surface area contributed by atoms with Gasteiger partial charge >= 0.3 is 0 Å². The molecule has 0 bridgehead atoms. The van der Waals surface area contributed by atoms with Gasteiger partial charge in [-0.1, -0.05) is 42.5 Å². The van der Waals surface area contributed by atoms with E-state index in [4.69, 9.17) is 0 Å². The quantitative estimate of drug-likeness (QED) is 0.705. The summed E-state index contributed by atoms with van der Waals surface area (Å²) >= 11 is 0.942. The van der Waals surface area contributed by atoms with Crippen LogP contribution in [0.3, 0.4) is 0 Å². The van der Waals surface area contributed by atoms with E-state index < -0.39 is 0 Å². The van der Waals surface area contributed by atoms with E-state index in [0.717, 1.165) is 28.2 Å². The lowest BCUT2D eigenvalue weighted by atomic mass is 10.1. The lowest BCUT2D eigenvalue weighted by Gasteiger charge is -2.16. The molecule has 0 spiro atoms. The summed E-state index contributed by atoms with van der Waals surface area (Å²) < 4.78 is 2.22. The lowest BCUT2D eigenvalue weighted by Crippen LogP contribution is -2.17. The molecule has 1 unspecified atom stereocenters. The summed E-state index contributed by atoms with van der Waals surface area (Å²) in [6.45, 7) is 2.17.